The first kappa shape index (κ1) is 14.1. The van der Waals surface area contributed by atoms with Gasteiger partial charge in [0.2, 0.25) is 0 Å². The van der Waals surface area contributed by atoms with Crippen LogP contribution >= 0.6 is 0 Å². The molecule has 0 spiro atoms. The molecule has 2 aromatic rings. The summed E-state index contributed by atoms with van der Waals surface area (Å²) in [4.78, 5) is 0.303. The molecule has 0 aliphatic heterocycles. The van der Waals surface area contributed by atoms with Crippen LogP contribution in [-0.2, 0) is 10.0 Å². The van der Waals surface area contributed by atoms with Crippen LogP contribution in [0.4, 0.5) is 5.69 Å². The van der Waals surface area contributed by atoms with Gasteiger partial charge in [-0.2, -0.15) is 0 Å². The first-order valence-electron chi connectivity index (χ1n) is 7.11. The fourth-order valence-corrected chi connectivity index (χ4v) is 4.64. The minimum Gasteiger partial charge on any atom is -0.359 e. The Morgan fingerprint density at radius 3 is 2.43 bits per heavy atom. The monoisotopic (exact) mass is 306 g/mol. The van der Waals surface area contributed by atoms with Gasteiger partial charge < -0.3 is 4.52 Å². The van der Waals surface area contributed by atoms with Gasteiger partial charge in [0.25, 0.3) is 10.0 Å². The van der Waals surface area contributed by atoms with Crippen molar-refractivity contribution >= 4 is 15.7 Å². The van der Waals surface area contributed by atoms with Crippen molar-refractivity contribution in [3.8, 4) is 0 Å². The number of aromatic nitrogens is 1. The van der Waals surface area contributed by atoms with E-state index in [4.69, 9.17) is 4.52 Å². The lowest BCUT2D eigenvalue weighted by molar-refractivity contribution is 0.397. The summed E-state index contributed by atoms with van der Waals surface area (Å²) in [6, 6.07) is 8.51. The van der Waals surface area contributed by atoms with Crippen LogP contribution in [-0.4, -0.2) is 19.6 Å². The number of hydrogen-bond donors (Lipinski definition) is 0. The highest BCUT2D eigenvalue weighted by Gasteiger charge is 2.35. The zero-order valence-corrected chi connectivity index (χ0v) is 12.7. The Morgan fingerprint density at radius 1 is 1.19 bits per heavy atom. The SMILES string of the molecule is Cc1oncc1N(C1CCCC1)S(=O)(=O)c1ccccc1. The molecule has 3 rings (SSSR count). The molecule has 0 atom stereocenters. The lowest BCUT2D eigenvalue weighted by Gasteiger charge is -2.29. The fraction of sp³-hybridized carbons (Fsp3) is 0.400. The van der Waals surface area contributed by atoms with E-state index in [0.717, 1.165) is 25.7 Å². The summed E-state index contributed by atoms with van der Waals surface area (Å²) in [7, 11) is -3.60. The van der Waals surface area contributed by atoms with E-state index in [1.807, 2.05) is 6.07 Å². The molecule has 21 heavy (non-hydrogen) atoms. The summed E-state index contributed by atoms with van der Waals surface area (Å²) in [5, 5.41) is 3.74. The molecule has 0 bridgehead atoms. The highest BCUT2D eigenvalue weighted by Crippen LogP contribution is 2.34. The van der Waals surface area contributed by atoms with E-state index in [1.54, 1.807) is 31.2 Å². The molecule has 1 heterocycles. The largest absolute Gasteiger partial charge is 0.359 e. The van der Waals surface area contributed by atoms with Gasteiger partial charge in [0.15, 0.2) is 5.76 Å². The topological polar surface area (TPSA) is 63.4 Å². The molecule has 1 fully saturated rings. The predicted octanol–water partition coefficient (Wildman–Crippen LogP) is 3.12. The Bertz CT molecular complexity index is 704. The maximum absolute atomic E-state index is 13.0. The van der Waals surface area contributed by atoms with Gasteiger partial charge in [0.1, 0.15) is 5.69 Å². The van der Waals surface area contributed by atoms with Gasteiger partial charge in [-0.3, -0.25) is 4.31 Å². The normalized spacial score (nSPS) is 16.2. The van der Waals surface area contributed by atoms with Crippen molar-refractivity contribution in [2.75, 3.05) is 4.31 Å². The summed E-state index contributed by atoms with van der Waals surface area (Å²) in [6.45, 7) is 1.74. The van der Waals surface area contributed by atoms with Crippen LogP contribution in [0.15, 0.2) is 45.9 Å². The minimum atomic E-state index is -3.60. The molecule has 1 aromatic heterocycles. The summed E-state index contributed by atoms with van der Waals surface area (Å²) in [5.41, 5.74) is 0.547. The summed E-state index contributed by atoms with van der Waals surface area (Å²) in [5.74, 6) is 0.529. The van der Waals surface area contributed by atoms with Crippen LogP contribution < -0.4 is 4.31 Å². The van der Waals surface area contributed by atoms with Gasteiger partial charge in [0, 0.05) is 6.04 Å². The molecule has 0 N–H and O–H groups in total. The van der Waals surface area contributed by atoms with E-state index in [0.29, 0.717) is 16.3 Å². The zero-order chi connectivity index (χ0) is 14.9. The molecule has 6 heteroatoms. The van der Waals surface area contributed by atoms with E-state index in [2.05, 4.69) is 5.16 Å². The number of benzene rings is 1. The van der Waals surface area contributed by atoms with Gasteiger partial charge in [-0.05, 0) is 31.9 Å². The number of rotatable bonds is 4. The Balaban J connectivity index is 2.09. The molecule has 1 aromatic carbocycles. The Kier molecular flexibility index (Phi) is 3.71. The molecule has 0 unspecified atom stereocenters. The van der Waals surface area contributed by atoms with Crippen molar-refractivity contribution < 1.29 is 12.9 Å². The van der Waals surface area contributed by atoms with E-state index in [1.165, 1.54) is 10.5 Å². The Labute approximate surface area is 124 Å². The highest BCUT2D eigenvalue weighted by molar-refractivity contribution is 7.92. The highest BCUT2D eigenvalue weighted by atomic mass is 32.2. The second-order valence-corrected chi connectivity index (χ2v) is 7.13. The average molecular weight is 306 g/mol. The van der Waals surface area contributed by atoms with Crippen LogP contribution in [0.3, 0.4) is 0 Å². The molecule has 0 saturated heterocycles. The predicted molar refractivity (Wildman–Crippen MR) is 79.6 cm³/mol. The van der Waals surface area contributed by atoms with Crippen LogP contribution in [0.25, 0.3) is 0 Å². The van der Waals surface area contributed by atoms with E-state index < -0.39 is 10.0 Å². The zero-order valence-electron chi connectivity index (χ0n) is 11.9. The third-order valence-electron chi connectivity index (χ3n) is 3.92. The fourth-order valence-electron chi connectivity index (χ4n) is 2.87. The molecule has 112 valence electrons. The van der Waals surface area contributed by atoms with Gasteiger partial charge >= 0.3 is 0 Å². The molecule has 5 nitrogen and oxygen atoms in total. The van der Waals surface area contributed by atoms with Crippen molar-refractivity contribution in [2.24, 2.45) is 0 Å². The molecular weight excluding hydrogens is 288 g/mol. The quantitative estimate of drug-likeness (QED) is 0.870. The van der Waals surface area contributed by atoms with Crippen molar-refractivity contribution in [1.29, 1.82) is 0 Å². The standard InChI is InChI=1S/C15H18N2O3S/c1-12-15(11-16-20-12)17(13-7-5-6-8-13)21(18,19)14-9-3-2-4-10-14/h2-4,9-11,13H,5-8H2,1H3. The maximum Gasteiger partial charge on any atom is 0.264 e. The average Bonchev–Trinajstić information content (AvgIpc) is 3.13. The van der Waals surface area contributed by atoms with Crippen molar-refractivity contribution in [2.45, 2.75) is 43.5 Å². The lowest BCUT2D eigenvalue weighted by Crippen LogP contribution is -2.39. The van der Waals surface area contributed by atoms with Crippen LogP contribution in [0.2, 0.25) is 0 Å². The first-order chi connectivity index (χ1) is 10.1. The van der Waals surface area contributed by atoms with Gasteiger partial charge in [0.05, 0.1) is 11.1 Å². The second-order valence-electron chi connectivity index (χ2n) is 5.32. The molecule has 1 aliphatic rings. The Morgan fingerprint density at radius 2 is 1.86 bits per heavy atom. The molecule has 1 aliphatic carbocycles. The van der Waals surface area contributed by atoms with E-state index in [9.17, 15) is 8.42 Å². The van der Waals surface area contributed by atoms with Gasteiger partial charge in [-0.1, -0.05) is 36.2 Å². The summed E-state index contributed by atoms with van der Waals surface area (Å²) < 4.78 is 32.6. The second kappa shape index (κ2) is 5.52. The first-order valence-corrected chi connectivity index (χ1v) is 8.55. The number of nitrogens with zero attached hydrogens (tertiary/aromatic N) is 2. The molecule has 0 amide bonds. The lowest BCUT2D eigenvalue weighted by atomic mass is 10.2. The molecule has 0 radical (unpaired) electrons. The summed E-state index contributed by atoms with van der Waals surface area (Å²) >= 11 is 0. The smallest absolute Gasteiger partial charge is 0.264 e. The summed E-state index contributed by atoms with van der Waals surface area (Å²) in [6.07, 6.45) is 5.34. The number of anilines is 1. The van der Waals surface area contributed by atoms with Crippen molar-refractivity contribution in [3.05, 3.63) is 42.3 Å². The van der Waals surface area contributed by atoms with E-state index >= 15 is 0 Å². The third kappa shape index (κ3) is 2.55. The number of hydrogen-bond acceptors (Lipinski definition) is 4. The van der Waals surface area contributed by atoms with Crippen LogP contribution in [0, 0.1) is 6.92 Å². The Hall–Kier alpha value is -1.82. The van der Waals surface area contributed by atoms with E-state index in [-0.39, 0.29) is 6.04 Å². The molecular formula is C15H18N2O3S. The van der Waals surface area contributed by atoms with Crippen molar-refractivity contribution in [1.82, 2.24) is 5.16 Å². The van der Waals surface area contributed by atoms with Crippen LogP contribution in [0.1, 0.15) is 31.4 Å². The minimum absolute atomic E-state index is 0.0201. The van der Waals surface area contributed by atoms with Crippen LogP contribution in [0.5, 0.6) is 0 Å². The number of sulfonamides is 1. The van der Waals surface area contributed by atoms with Crippen molar-refractivity contribution in [3.63, 3.8) is 0 Å². The third-order valence-corrected chi connectivity index (χ3v) is 5.80. The van der Waals surface area contributed by atoms with Gasteiger partial charge in [-0.25, -0.2) is 8.42 Å². The van der Waals surface area contributed by atoms with Gasteiger partial charge in [-0.15, -0.1) is 0 Å². The number of aryl methyl sites for hydroxylation is 1. The molecule has 1 saturated carbocycles. The maximum atomic E-state index is 13.0.